The van der Waals surface area contributed by atoms with Gasteiger partial charge in [-0.05, 0) is 88.1 Å². The quantitative estimate of drug-likeness (QED) is 0.0792. The molecule has 20 nitrogen and oxygen atoms in total. The Morgan fingerprint density at radius 2 is 1.41 bits per heavy atom. The minimum atomic E-state index is -1.56. The molecule has 0 aromatic heterocycles. The summed E-state index contributed by atoms with van der Waals surface area (Å²) in [4.78, 5) is 121. The molecule has 1 aliphatic heterocycles. The third-order valence-electron chi connectivity index (χ3n) is 10.7. The molecule has 1 aliphatic rings. The number of phenolic OH excluding ortho intramolecular Hbond substituents is 1. The number of hydrogen-bond acceptors (Lipinski definition) is 14. The summed E-state index contributed by atoms with van der Waals surface area (Å²) in [5.41, 5.74) is 13.0. The molecule has 0 spiro atoms. The van der Waals surface area contributed by atoms with E-state index in [4.69, 9.17) is 11.5 Å². The first-order chi connectivity index (χ1) is 31.8. The highest BCUT2D eigenvalue weighted by Gasteiger charge is 2.45. The zero-order valence-electron chi connectivity index (χ0n) is 39.2. The van der Waals surface area contributed by atoms with Crippen LogP contribution in [-0.4, -0.2) is 134 Å². The monoisotopic (exact) mass is 1000 g/mol. The molecule has 2 aromatic rings. The number of aliphatic carboxylic acids is 1. The summed E-state index contributed by atoms with van der Waals surface area (Å²) in [5.74, 6) is -7.63. The van der Waals surface area contributed by atoms with Gasteiger partial charge in [0.25, 0.3) is 0 Å². The van der Waals surface area contributed by atoms with Gasteiger partial charge in [0.2, 0.25) is 47.3 Å². The minimum absolute atomic E-state index is 0.0192. The predicted octanol–water partition coefficient (Wildman–Crippen LogP) is 0.241. The van der Waals surface area contributed by atoms with Crippen molar-refractivity contribution < 1.29 is 53.4 Å². The van der Waals surface area contributed by atoms with Gasteiger partial charge in [0, 0.05) is 15.9 Å². The fraction of sp³-hybridized carbons (Fsp3) is 0.533. The van der Waals surface area contributed by atoms with Gasteiger partial charge in [-0.2, -0.15) is 11.8 Å². The van der Waals surface area contributed by atoms with Gasteiger partial charge in [-0.1, -0.05) is 77.9 Å². The van der Waals surface area contributed by atoms with E-state index in [1.54, 1.807) is 90.3 Å². The number of nitrogens with one attached hydrogen (secondary N) is 7. The lowest BCUT2D eigenvalue weighted by atomic mass is 9.98. The molecule has 2 aromatic carbocycles. The number of carboxylic acids is 1. The predicted molar refractivity (Wildman–Crippen MR) is 262 cm³/mol. The summed E-state index contributed by atoms with van der Waals surface area (Å²) in [6, 6.07) is 5.65. The molecule has 374 valence electrons. The molecule has 1 unspecified atom stereocenters. The molecular weight excluding hydrogens is 939 g/mol. The number of nitrogens with two attached hydrogens (primary N) is 2. The van der Waals surface area contributed by atoms with Gasteiger partial charge in [-0.3, -0.25) is 43.2 Å². The number of amides is 8. The molecule has 0 radical (unpaired) electrons. The maximum Gasteiger partial charge on any atom is 0.305 e. The van der Waals surface area contributed by atoms with E-state index in [9.17, 15) is 53.4 Å². The van der Waals surface area contributed by atoms with Crippen molar-refractivity contribution in [3.8, 4) is 5.75 Å². The fourth-order valence-electron chi connectivity index (χ4n) is 6.87. The van der Waals surface area contributed by atoms with Gasteiger partial charge in [0.05, 0.1) is 19.0 Å². The Hall–Kier alpha value is -5.52. The van der Waals surface area contributed by atoms with E-state index < -0.39 is 118 Å². The second kappa shape index (κ2) is 26.3. The molecule has 8 amide bonds. The van der Waals surface area contributed by atoms with Crippen LogP contribution in [0.25, 0.3) is 0 Å². The van der Waals surface area contributed by atoms with Crippen molar-refractivity contribution in [1.29, 1.82) is 0 Å². The van der Waals surface area contributed by atoms with Crippen LogP contribution < -0.4 is 48.7 Å². The fourth-order valence-corrected chi connectivity index (χ4v) is 10.2. The highest BCUT2D eigenvalue weighted by Crippen LogP contribution is 2.46. The molecule has 1 saturated heterocycles. The van der Waals surface area contributed by atoms with E-state index >= 15 is 0 Å². The van der Waals surface area contributed by atoms with Gasteiger partial charge in [-0.15, -0.1) is 0 Å². The van der Waals surface area contributed by atoms with Crippen molar-refractivity contribution in [2.45, 2.75) is 125 Å². The van der Waals surface area contributed by atoms with Gasteiger partial charge in [-0.25, -0.2) is 0 Å². The second-order valence-corrected chi connectivity index (χ2v) is 22.3. The van der Waals surface area contributed by atoms with Gasteiger partial charge in [0.15, 0.2) is 0 Å². The Kier molecular flexibility index (Phi) is 22.0. The number of benzene rings is 2. The van der Waals surface area contributed by atoms with E-state index in [1.165, 1.54) is 23.9 Å². The number of thioether (sulfide) groups is 1. The molecule has 0 bridgehead atoms. The lowest BCUT2D eigenvalue weighted by molar-refractivity contribution is -0.140. The summed E-state index contributed by atoms with van der Waals surface area (Å²) < 4.78 is -2.47. The molecule has 68 heavy (non-hydrogen) atoms. The van der Waals surface area contributed by atoms with Crippen LogP contribution in [0, 0.1) is 5.92 Å². The molecule has 0 saturated carbocycles. The third-order valence-corrected chi connectivity index (χ3v) is 15.6. The maximum atomic E-state index is 14.8. The van der Waals surface area contributed by atoms with E-state index in [0.29, 0.717) is 16.9 Å². The molecular formula is C45H65N9O11S3. The number of carboxylic acid groups (broad SMARTS) is 1. The number of rotatable bonds is 20. The summed E-state index contributed by atoms with van der Waals surface area (Å²) >= 11 is 1.36. The topological polar surface area (TPSA) is 330 Å². The molecule has 7 atom stereocenters. The number of hydrogen-bond donors (Lipinski definition) is 11. The van der Waals surface area contributed by atoms with Crippen molar-refractivity contribution in [1.82, 2.24) is 37.2 Å². The Labute approximate surface area is 408 Å². The first-order valence-electron chi connectivity index (χ1n) is 21.9. The lowest BCUT2D eigenvalue weighted by Gasteiger charge is -2.39. The SMILES string of the molecule is CSCC[C@H](NC(=O)[C@H](CC(C)C)NC(=O)C1NC(=O)[C@H](Cc2ccccc2)NC(=O)CNC(=O)[C@H](NC(=O)[C@@H](N)Cc2ccc(O)cc2)C(C)(C)SSC1(C)C)C(=O)N[C@@H](CC(=O)O)C(N)=O. The van der Waals surface area contributed by atoms with Crippen LogP contribution in [0.2, 0.25) is 0 Å². The standard InChI is InChI=1S/C45H65N9O11S3/c1-24(2)19-31(40(62)50-29(17-18-66-7)39(61)51-30(37(47)59)22-34(57)58)52-43(65)36-45(5,6)68-67-44(3,4)35(53-38(60)28(46)20-26-13-15-27(55)16-14-26)42(64)48-23-33(56)49-32(41(63)54-36)21-25-11-9-8-10-12-25/h8-16,24,28-32,35-36,55H,17-23,46H2,1-7H3,(H2,47,59)(H,48,64)(H,49,56)(H,50,62)(H,51,61)(H,52,65)(H,53,60)(H,54,63)(H,57,58)/t28-,29-,30-,31-,32-,35-,36?/m0/s1. The molecule has 13 N–H and O–H groups in total. The Morgan fingerprint density at radius 1 is 0.809 bits per heavy atom. The van der Waals surface area contributed by atoms with Crippen LogP contribution in [-0.2, 0) is 56.0 Å². The van der Waals surface area contributed by atoms with E-state index in [1.807, 2.05) is 0 Å². The molecule has 1 heterocycles. The average molecular weight is 1000 g/mol. The Balaban J connectivity index is 2.03. The zero-order chi connectivity index (χ0) is 50.9. The molecule has 23 heteroatoms. The Morgan fingerprint density at radius 3 is 2.00 bits per heavy atom. The number of carbonyl (C=O) groups excluding carboxylic acids is 8. The van der Waals surface area contributed by atoms with Crippen molar-refractivity contribution in [3.05, 3.63) is 65.7 Å². The van der Waals surface area contributed by atoms with Crippen LogP contribution >= 0.6 is 33.3 Å². The summed E-state index contributed by atoms with van der Waals surface area (Å²) in [6.45, 7) is 9.69. The van der Waals surface area contributed by atoms with Crippen LogP contribution in [0.1, 0.15) is 71.9 Å². The third kappa shape index (κ3) is 18.2. The molecule has 3 rings (SSSR count). The van der Waals surface area contributed by atoms with Gasteiger partial charge < -0.3 is 58.9 Å². The maximum absolute atomic E-state index is 14.8. The van der Waals surface area contributed by atoms with Crippen molar-refractivity contribution in [2.75, 3.05) is 18.6 Å². The first kappa shape index (κ1) is 56.8. The van der Waals surface area contributed by atoms with E-state index in [0.717, 1.165) is 21.6 Å². The molecule has 0 aliphatic carbocycles. The van der Waals surface area contributed by atoms with E-state index in [-0.39, 0.29) is 37.4 Å². The number of primary amides is 1. The number of aromatic hydroxyl groups is 1. The number of phenols is 1. The summed E-state index contributed by atoms with van der Waals surface area (Å²) in [7, 11) is 2.24. The van der Waals surface area contributed by atoms with E-state index in [2.05, 4.69) is 37.2 Å². The van der Waals surface area contributed by atoms with Crippen LogP contribution in [0.3, 0.4) is 0 Å². The smallest absolute Gasteiger partial charge is 0.305 e. The first-order valence-corrected chi connectivity index (χ1v) is 25.4. The minimum Gasteiger partial charge on any atom is -0.508 e. The lowest BCUT2D eigenvalue weighted by Crippen LogP contribution is -2.64. The normalized spacial score (nSPS) is 20.4. The van der Waals surface area contributed by atoms with Gasteiger partial charge in [0.1, 0.15) is 42.0 Å². The van der Waals surface area contributed by atoms with Crippen LogP contribution in [0.4, 0.5) is 0 Å². The van der Waals surface area contributed by atoms with Crippen LogP contribution in [0.15, 0.2) is 54.6 Å². The second-order valence-electron chi connectivity index (χ2n) is 17.9. The highest BCUT2D eigenvalue weighted by molar-refractivity contribution is 8.77. The largest absolute Gasteiger partial charge is 0.508 e. The van der Waals surface area contributed by atoms with Gasteiger partial charge >= 0.3 is 5.97 Å². The highest BCUT2D eigenvalue weighted by atomic mass is 33.1. The summed E-state index contributed by atoms with van der Waals surface area (Å²) in [5, 5.41) is 37.5. The molecule has 1 fully saturated rings. The average Bonchev–Trinajstić information content (AvgIpc) is 3.26. The zero-order valence-corrected chi connectivity index (χ0v) is 41.7. The number of carbonyl (C=O) groups is 9. The van der Waals surface area contributed by atoms with Crippen molar-refractivity contribution >= 4 is 86.6 Å². The van der Waals surface area contributed by atoms with Crippen molar-refractivity contribution in [2.24, 2.45) is 17.4 Å². The summed E-state index contributed by atoms with van der Waals surface area (Å²) in [6.07, 6.45) is 1.16. The van der Waals surface area contributed by atoms with Crippen LogP contribution in [0.5, 0.6) is 5.75 Å². The van der Waals surface area contributed by atoms with Crippen molar-refractivity contribution in [3.63, 3.8) is 0 Å². The Bertz CT molecular complexity index is 2110.